The molecule has 1 unspecified atom stereocenters. The van der Waals surface area contributed by atoms with Gasteiger partial charge in [0.25, 0.3) is 0 Å². The van der Waals surface area contributed by atoms with E-state index in [1.807, 2.05) is 30.5 Å². The molecule has 0 radical (unpaired) electrons. The Labute approximate surface area is 134 Å². The maximum atomic E-state index is 12.5. The van der Waals surface area contributed by atoms with Crippen LogP contribution in [0, 0.1) is 16.9 Å². The molecule has 0 N–H and O–H groups in total. The summed E-state index contributed by atoms with van der Waals surface area (Å²) in [7, 11) is 0. The molecular weight excluding hydrogens is 286 g/mol. The Morgan fingerprint density at radius 2 is 1.96 bits per heavy atom. The highest BCUT2D eigenvalue weighted by molar-refractivity contribution is 6.03. The van der Waals surface area contributed by atoms with Gasteiger partial charge in [-0.25, -0.2) is 4.90 Å². The number of hydrogen-bond acceptors (Lipinski definition) is 3. The summed E-state index contributed by atoms with van der Waals surface area (Å²) in [6.07, 6.45) is 4.98. The van der Waals surface area contributed by atoms with Crippen molar-refractivity contribution in [2.24, 2.45) is 10.4 Å². The van der Waals surface area contributed by atoms with Crippen LogP contribution < -0.4 is 0 Å². The monoisotopic (exact) mass is 301 g/mol. The number of carbonyl (C=O) groups excluding carboxylic acids is 1. The van der Waals surface area contributed by atoms with Crippen molar-refractivity contribution in [2.45, 2.75) is 12.8 Å². The number of benzene rings is 2. The van der Waals surface area contributed by atoms with Crippen molar-refractivity contribution in [3.63, 3.8) is 0 Å². The number of fused-ring (bicyclic) bond motifs is 1. The van der Waals surface area contributed by atoms with E-state index in [-0.39, 0.29) is 5.91 Å². The van der Waals surface area contributed by atoms with Gasteiger partial charge in [0, 0.05) is 12.8 Å². The second-order valence-corrected chi connectivity index (χ2v) is 6.11. The summed E-state index contributed by atoms with van der Waals surface area (Å²) >= 11 is 0. The molecular formula is C19H15N3O. The highest BCUT2D eigenvalue weighted by Crippen LogP contribution is 2.41. The second kappa shape index (κ2) is 5.06. The standard InChI is InChI=1S/C19H15N3O/c20-13-22-9-8-19(18(22)23)11-16-10-15(6-7-17(16)21-12-19)14-4-2-1-3-5-14/h1-7,10,12H,8-9,11H2. The lowest BCUT2D eigenvalue weighted by molar-refractivity contribution is -0.130. The summed E-state index contributed by atoms with van der Waals surface area (Å²) in [6.45, 7) is 0.481. The summed E-state index contributed by atoms with van der Waals surface area (Å²) in [4.78, 5) is 18.2. The van der Waals surface area contributed by atoms with E-state index in [0.29, 0.717) is 19.4 Å². The first kappa shape index (κ1) is 13.7. The van der Waals surface area contributed by atoms with E-state index >= 15 is 0 Å². The summed E-state index contributed by atoms with van der Waals surface area (Å²) in [6, 6.07) is 16.3. The number of rotatable bonds is 1. The van der Waals surface area contributed by atoms with Gasteiger partial charge in [0.2, 0.25) is 5.91 Å². The first-order valence-corrected chi connectivity index (χ1v) is 7.67. The molecule has 2 aromatic carbocycles. The third kappa shape index (κ3) is 2.13. The molecule has 2 aliphatic rings. The van der Waals surface area contributed by atoms with Crippen molar-refractivity contribution in [3.8, 4) is 17.3 Å². The molecule has 2 heterocycles. The lowest BCUT2D eigenvalue weighted by atomic mass is 9.78. The fourth-order valence-electron chi connectivity index (χ4n) is 3.41. The first-order chi connectivity index (χ1) is 11.2. The van der Waals surface area contributed by atoms with Gasteiger partial charge < -0.3 is 0 Å². The average Bonchev–Trinajstić information content (AvgIpc) is 2.91. The molecule has 1 amide bonds. The lowest BCUT2D eigenvalue weighted by Crippen LogP contribution is -2.36. The summed E-state index contributed by atoms with van der Waals surface area (Å²) in [5, 5.41) is 9.05. The maximum Gasteiger partial charge on any atom is 0.247 e. The molecule has 1 saturated heterocycles. The van der Waals surface area contributed by atoms with Crippen LogP contribution in [0.5, 0.6) is 0 Å². The molecule has 1 spiro atoms. The van der Waals surface area contributed by atoms with Gasteiger partial charge in [0.15, 0.2) is 6.19 Å². The first-order valence-electron chi connectivity index (χ1n) is 7.67. The summed E-state index contributed by atoms with van der Waals surface area (Å²) < 4.78 is 0. The van der Waals surface area contributed by atoms with Crippen molar-refractivity contribution in [3.05, 3.63) is 54.1 Å². The van der Waals surface area contributed by atoms with Crippen LogP contribution in [-0.4, -0.2) is 23.6 Å². The predicted octanol–water partition coefficient (Wildman–Crippen LogP) is 3.31. The third-order valence-corrected chi connectivity index (χ3v) is 4.72. The number of nitriles is 1. The van der Waals surface area contributed by atoms with Gasteiger partial charge in [0.1, 0.15) is 0 Å². The van der Waals surface area contributed by atoms with Crippen molar-refractivity contribution in [2.75, 3.05) is 6.54 Å². The van der Waals surface area contributed by atoms with Crippen LogP contribution in [0.1, 0.15) is 12.0 Å². The van der Waals surface area contributed by atoms with Gasteiger partial charge in [-0.15, -0.1) is 0 Å². The highest BCUT2D eigenvalue weighted by Gasteiger charge is 2.47. The van der Waals surface area contributed by atoms with Crippen LogP contribution in [0.15, 0.2) is 53.5 Å². The van der Waals surface area contributed by atoms with Crippen molar-refractivity contribution < 1.29 is 4.79 Å². The quantitative estimate of drug-likeness (QED) is 0.759. The summed E-state index contributed by atoms with van der Waals surface area (Å²) in [5.41, 5.74) is 3.62. The zero-order chi connectivity index (χ0) is 15.9. The molecule has 2 aliphatic heterocycles. The van der Waals surface area contributed by atoms with Gasteiger partial charge in [-0.2, -0.15) is 5.26 Å². The van der Waals surface area contributed by atoms with Gasteiger partial charge >= 0.3 is 0 Å². The molecule has 1 fully saturated rings. The molecule has 0 aromatic heterocycles. The number of hydrogen-bond donors (Lipinski definition) is 0. The van der Waals surface area contributed by atoms with Crippen LogP contribution in [0.2, 0.25) is 0 Å². The topological polar surface area (TPSA) is 56.5 Å². The Morgan fingerprint density at radius 3 is 2.70 bits per heavy atom. The molecule has 4 nitrogen and oxygen atoms in total. The molecule has 23 heavy (non-hydrogen) atoms. The summed E-state index contributed by atoms with van der Waals surface area (Å²) in [5.74, 6) is -0.125. The molecule has 1 atom stereocenters. The van der Waals surface area contributed by atoms with Crippen LogP contribution in [0.25, 0.3) is 11.1 Å². The highest BCUT2D eigenvalue weighted by atomic mass is 16.2. The van der Waals surface area contributed by atoms with Crippen molar-refractivity contribution >= 4 is 17.8 Å². The minimum Gasteiger partial charge on any atom is -0.273 e. The Morgan fingerprint density at radius 1 is 1.13 bits per heavy atom. The molecule has 0 saturated carbocycles. The molecule has 4 heteroatoms. The average molecular weight is 301 g/mol. The Balaban J connectivity index is 1.72. The lowest BCUT2D eigenvalue weighted by Gasteiger charge is -2.26. The predicted molar refractivity (Wildman–Crippen MR) is 88.1 cm³/mol. The van der Waals surface area contributed by atoms with E-state index in [0.717, 1.165) is 22.4 Å². The van der Waals surface area contributed by atoms with E-state index < -0.39 is 5.41 Å². The molecule has 112 valence electrons. The van der Waals surface area contributed by atoms with Crippen LogP contribution >= 0.6 is 0 Å². The largest absolute Gasteiger partial charge is 0.273 e. The smallest absolute Gasteiger partial charge is 0.247 e. The Bertz CT molecular complexity index is 851. The molecule has 0 bridgehead atoms. The zero-order valence-corrected chi connectivity index (χ0v) is 12.6. The Kier molecular flexibility index (Phi) is 3.02. The molecule has 4 rings (SSSR count). The van der Waals surface area contributed by atoms with Crippen molar-refractivity contribution in [1.29, 1.82) is 5.26 Å². The van der Waals surface area contributed by atoms with E-state index in [9.17, 15) is 4.79 Å². The SMILES string of the molecule is N#CN1CCC2(C=Nc3ccc(-c4ccccc4)cc3C2)C1=O. The van der Waals surface area contributed by atoms with Gasteiger partial charge in [0.05, 0.1) is 11.1 Å². The van der Waals surface area contributed by atoms with E-state index in [2.05, 4.69) is 29.3 Å². The van der Waals surface area contributed by atoms with E-state index in [1.54, 1.807) is 6.21 Å². The van der Waals surface area contributed by atoms with Gasteiger partial charge in [-0.05, 0) is 41.7 Å². The minimum atomic E-state index is -0.641. The molecule has 2 aromatic rings. The number of aliphatic imine (C=N–C) groups is 1. The van der Waals surface area contributed by atoms with Crippen LogP contribution in [0.4, 0.5) is 5.69 Å². The van der Waals surface area contributed by atoms with Gasteiger partial charge in [-0.1, -0.05) is 36.4 Å². The fraction of sp³-hybridized carbons (Fsp3) is 0.211. The van der Waals surface area contributed by atoms with E-state index in [4.69, 9.17) is 5.26 Å². The number of amides is 1. The fourth-order valence-corrected chi connectivity index (χ4v) is 3.41. The number of carbonyl (C=O) groups is 1. The maximum absolute atomic E-state index is 12.5. The minimum absolute atomic E-state index is 0.125. The second-order valence-electron chi connectivity index (χ2n) is 6.11. The molecule has 0 aliphatic carbocycles. The number of likely N-dealkylation sites (tertiary alicyclic amines) is 1. The third-order valence-electron chi connectivity index (χ3n) is 4.72. The van der Waals surface area contributed by atoms with Gasteiger partial charge in [-0.3, -0.25) is 9.79 Å². The normalized spacial score (nSPS) is 22.2. The van der Waals surface area contributed by atoms with E-state index in [1.165, 1.54) is 4.90 Å². The van der Waals surface area contributed by atoms with Crippen LogP contribution in [-0.2, 0) is 11.2 Å². The zero-order valence-electron chi connectivity index (χ0n) is 12.6. The van der Waals surface area contributed by atoms with Crippen molar-refractivity contribution in [1.82, 2.24) is 4.90 Å². The number of nitrogens with zero attached hydrogens (tertiary/aromatic N) is 3. The Hall–Kier alpha value is -2.93. The van der Waals surface area contributed by atoms with Crippen LogP contribution in [0.3, 0.4) is 0 Å².